The fourth-order valence-corrected chi connectivity index (χ4v) is 3.36. The number of para-hydroxylation sites is 1. The fourth-order valence-electron chi connectivity index (χ4n) is 3.36. The zero-order valence-electron chi connectivity index (χ0n) is 11.6. The first-order valence-electron chi connectivity index (χ1n) is 7.29. The second-order valence-electron chi connectivity index (χ2n) is 6.03. The van der Waals surface area contributed by atoms with Gasteiger partial charge in [0, 0.05) is 18.3 Å². The average Bonchev–Trinajstić information content (AvgIpc) is 2.37. The zero-order valence-corrected chi connectivity index (χ0v) is 11.6. The Bertz CT molecular complexity index is 488. The molecule has 1 atom stereocenters. The number of hydrogen-bond acceptors (Lipinski definition) is 2. The molecule has 2 N–H and O–H groups in total. The molecule has 2 aliphatic rings. The van der Waals surface area contributed by atoms with Crippen molar-refractivity contribution in [2.75, 3.05) is 11.4 Å². The molecular formula is C16H22N2O. The van der Waals surface area contributed by atoms with Gasteiger partial charge in [-0.25, -0.2) is 0 Å². The Balaban J connectivity index is 1.97. The third-order valence-electron chi connectivity index (χ3n) is 4.90. The van der Waals surface area contributed by atoms with Crippen LogP contribution in [0.1, 0.15) is 38.2 Å². The van der Waals surface area contributed by atoms with Gasteiger partial charge >= 0.3 is 0 Å². The largest absolute Gasteiger partial charge is 0.329 e. The normalized spacial score (nSPS) is 24.5. The zero-order chi connectivity index (χ0) is 13.5. The lowest BCUT2D eigenvalue weighted by molar-refractivity contribution is -0.132. The van der Waals surface area contributed by atoms with E-state index in [4.69, 9.17) is 5.73 Å². The second kappa shape index (κ2) is 4.64. The summed E-state index contributed by atoms with van der Waals surface area (Å²) < 4.78 is 0. The van der Waals surface area contributed by atoms with Crippen molar-refractivity contribution in [1.29, 1.82) is 0 Å². The second-order valence-corrected chi connectivity index (χ2v) is 6.03. The number of carbonyl (C=O) groups is 1. The van der Waals surface area contributed by atoms with Crippen molar-refractivity contribution in [1.82, 2.24) is 0 Å². The van der Waals surface area contributed by atoms with E-state index >= 15 is 0 Å². The Morgan fingerprint density at radius 3 is 2.79 bits per heavy atom. The molecule has 3 heteroatoms. The molecule has 3 nitrogen and oxygen atoms in total. The molecule has 1 saturated carbocycles. The molecule has 19 heavy (non-hydrogen) atoms. The van der Waals surface area contributed by atoms with Crippen molar-refractivity contribution in [3.63, 3.8) is 0 Å². The lowest BCUT2D eigenvalue weighted by atomic mass is 9.67. The van der Waals surface area contributed by atoms with E-state index in [1.54, 1.807) is 0 Å². The van der Waals surface area contributed by atoms with Gasteiger partial charge in [-0.2, -0.15) is 0 Å². The van der Waals surface area contributed by atoms with Crippen LogP contribution in [0.4, 0.5) is 5.69 Å². The summed E-state index contributed by atoms with van der Waals surface area (Å²) in [5.41, 5.74) is 8.01. The minimum atomic E-state index is -0.279. The number of anilines is 1. The standard InChI is InChI=1S/C16H22N2O/c1-12-7-8-13-5-2-3-6-14(13)18(12)15(19)16(11-17)9-4-10-16/h2-3,5-6,12H,4,7-11,17H2,1H3. The van der Waals surface area contributed by atoms with E-state index in [0.29, 0.717) is 6.54 Å². The minimum Gasteiger partial charge on any atom is -0.329 e. The van der Waals surface area contributed by atoms with Gasteiger partial charge in [0.05, 0.1) is 5.41 Å². The first kappa shape index (κ1) is 12.7. The summed E-state index contributed by atoms with van der Waals surface area (Å²) in [6.07, 6.45) is 5.15. The maximum atomic E-state index is 13.0. The van der Waals surface area contributed by atoms with Crippen LogP contribution >= 0.6 is 0 Å². The highest BCUT2D eigenvalue weighted by atomic mass is 16.2. The summed E-state index contributed by atoms with van der Waals surface area (Å²) in [5.74, 6) is 0.251. The summed E-state index contributed by atoms with van der Waals surface area (Å²) in [6.45, 7) is 2.63. The van der Waals surface area contributed by atoms with Crippen molar-refractivity contribution in [3.8, 4) is 0 Å². The molecule has 0 radical (unpaired) electrons. The molecule has 0 aromatic heterocycles. The van der Waals surface area contributed by atoms with Crippen LogP contribution in [0.2, 0.25) is 0 Å². The molecular weight excluding hydrogens is 236 g/mol. The molecule has 1 aliphatic carbocycles. The molecule has 1 fully saturated rings. The van der Waals surface area contributed by atoms with Crippen molar-refractivity contribution in [2.45, 2.75) is 45.1 Å². The molecule has 1 unspecified atom stereocenters. The van der Waals surface area contributed by atoms with E-state index < -0.39 is 0 Å². The molecule has 0 spiro atoms. The van der Waals surface area contributed by atoms with E-state index in [-0.39, 0.29) is 17.4 Å². The van der Waals surface area contributed by atoms with E-state index in [1.807, 2.05) is 11.0 Å². The van der Waals surface area contributed by atoms with Crippen LogP contribution in [0, 0.1) is 5.41 Å². The molecule has 0 bridgehead atoms. The summed E-state index contributed by atoms with van der Waals surface area (Å²) in [7, 11) is 0. The van der Waals surface area contributed by atoms with Crippen LogP contribution in [0.25, 0.3) is 0 Å². The Hall–Kier alpha value is -1.35. The third-order valence-corrected chi connectivity index (χ3v) is 4.90. The lowest BCUT2D eigenvalue weighted by Gasteiger charge is -2.46. The maximum Gasteiger partial charge on any atom is 0.234 e. The SMILES string of the molecule is CC1CCc2ccccc2N1C(=O)C1(CN)CCC1. The van der Waals surface area contributed by atoms with Gasteiger partial charge in [0.2, 0.25) is 5.91 Å². The Kier molecular flexibility index (Phi) is 3.09. The summed E-state index contributed by atoms with van der Waals surface area (Å²) in [4.78, 5) is 15.0. The fraction of sp³-hybridized carbons (Fsp3) is 0.562. The molecule has 1 aliphatic heterocycles. The number of fused-ring (bicyclic) bond motifs is 1. The molecule has 0 saturated heterocycles. The van der Waals surface area contributed by atoms with Crippen molar-refractivity contribution < 1.29 is 4.79 Å². The molecule has 1 aromatic rings. The van der Waals surface area contributed by atoms with Gasteiger partial charge in [-0.15, -0.1) is 0 Å². The lowest BCUT2D eigenvalue weighted by Crippen LogP contribution is -2.55. The highest BCUT2D eigenvalue weighted by Gasteiger charge is 2.47. The van der Waals surface area contributed by atoms with Crippen LogP contribution in [0.3, 0.4) is 0 Å². The van der Waals surface area contributed by atoms with Gasteiger partial charge in [0.15, 0.2) is 0 Å². The van der Waals surface area contributed by atoms with Gasteiger partial charge in [0.1, 0.15) is 0 Å². The van der Waals surface area contributed by atoms with Crippen molar-refractivity contribution in [2.24, 2.45) is 11.1 Å². The van der Waals surface area contributed by atoms with Gasteiger partial charge in [-0.3, -0.25) is 4.79 Å². The van der Waals surface area contributed by atoms with E-state index in [1.165, 1.54) is 5.56 Å². The number of hydrogen-bond donors (Lipinski definition) is 1. The molecule has 102 valence electrons. The van der Waals surface area contributed by atoms with Crippen LogP contribution < -0.4 is 10.6 Å². The van der Waals surface area contributed by atoms with Crippen molar-refractivity contribution >= 4 is 11.6 Å². The number of aryl methyl sites for hydroxylation is 1. The van der Waals surface area contributed by atoms with Gasteiger partial charge in [-0.1, -0.05) is 24.6 Å². The van der Waals surface area contributed by atoms with E-state index in [2.05, 4.69) is 25.1 Å². The topological polar surface area (TPSA) is 46.3 Å². The first-order chi connectivity index (χ1) is 9.18. The number of nitrogens with zero attached hydrogens (tertiary/aromatic N) is 1. The van der Waals surface area contributed by atoms with Crippen LogP contribution in [-0.2, 0) is 11.2 Å². The molecule has 1 heterocycles. The predicted molar refractivity (Wildman–Crippen MR) is 77.0 cm³/mol. The average molecular weight is 258 g/mol. The monoisotopic (exact) mass is 258 g/mol. The number of benzene rings is 1. The first-order valence-corrected chi connectivity index (χ1v) is 7.29. The number of amides is 1. The van der Waals surface area contributed by atoms with Crippen molar-refractivity contribution in [3.05, 3.63) is 29.8 Å². The molecule has 1 aromatic carbocycles. The van der Waals surface area contributed by atoms with E-state index in [9.17, 15) is 4.79 Å². The third kappa shape index (κ3) is 1.88. The summed E-state index contributed by atoms with van der Waals surface area (Å²) in [6, 6.07) is 8.57. The molecule has 1 amide bonds. The quantitative estimate of drug-likeness (QED) is 0.886. The number of nitrogens with two attached hydrogens (primary N) is 1. The van der Waals surface area contributed by atoms with Crippen LogP contribution in [0.15, 0.2) is 24.3 Å². The maximum absolute atomic E-state index is 13.0. The van der Waals surface area contributed by atoms with Gasteiger partial charge in [-0.05, 0) is 44.2 Å². The number of carbonyl (C=O) groups excluding carboxylic acids is 1. The Morgan fingerprint density at radius 1 is 1.42 bits per heavy atom. The van der Waals surface area contributed by atoms with Crippen LogP contribution in [-0.4, -0.2) is 18.5 Å². The summed E-state index contributed by atoms with van der Waals surface area (Å²) in [5, 5.41) is 0. The highest BCUT2D eigenvalue weighted by molar-refractivity contribution is 5.99. The number of rotatable bonds is 2. The van der Waals surface area contributed by atoms with Gasteiger partial charge < -0.3 is 10.6 Å². The highest BCUT2D eigenvalue weighted by Crippen LogP contribution is 2.44. The predicted octanol–water partition coefficient (Wildman–Crippen LogP) is 2.48. The smallest absolute Gasteiger partial charge is 0.234 e. The molecule has 3 rings (SSSR count). The summed E-state index contributed by atoms with van der Waals surface area (Å²) >= 11 is 0. The minimum absolute atomic E-state index is 0.251. The Morgan fingerprint density at radius 2 is 2.16 bits per heavy atom. The van der Waals surface area contributed by atoms with Crippen LogP contribution in [0.5, 0.6) is 0 Å². The van der Waals surface area contributed by atoms with Gasteiger partial charge in [0.25, 0.3) is 0 Å². The Labute approximate surface area is 114 Å². The van der Waals surface area contributed by atoms with E-state index in [0.717, 1.165) is 37.8 Å².